The van der Waals surface area contributed by atoms with Crippen LogP contribution in [0.2, 0.25) is 0 Å². The molecule has 0 spiro atoms. The van der Waals surface area contributed by atoms with Crippen molar-refractivity contribution in [2.45, 2.75) is 6.54 Å². The van der Waals surface area contributed by atoms with Gasteiger partial charge in [0.25, 0.3) is 0 Å². The van der Waals surface area contributed by atoms with Gasteiger partial charge in [-0.2, -0.15) is 4.57 Å². The van der Waals surface area contributed by atoms with Gasteiger partial charge in [0.05, 0.1) is 5.39 Å². The molecule has 0 amide bonds. The molecule has 3 rings (SSSR count). The summed E-state index contributed by atoms with van der Waals surface area (Å²) in [7, 11) is 0. The highest BCUT2D eigenvalue weighted by Gasteiger charge is 2.18. The molecule has 4 heteroatoms. The van der Waals surface area contributed by atoms with Crippen LogP contribution in [0.25, 0.3) is 10.8 Å². The molecule has 2 aromatic carbocycles. The van der Waals surface area contributed by atoms with Crippen molar-refractivity contribution in [2.24, 2.45) is 0 Å². The third-order valence-electron chi connectivity index (χ3n) is 3.41. The minimum absolute atomic E-state index is 0.358. The molecule has 22 heavy (non-hydrogen) atoms. The number of ether oxygens (including phenoxy) is 1. The molecule has 0 aliphatic carbocycles. The molecule has 3 aromatic rings. The van der Waals surface area contributed by atoms with E-state index < -0.39 is 5.97 Å². The summed E-state index contributed by atoms with van der Waals surface area (Å²) in [5.74, 6) is -0.413. The van der Waals surface area contributed by atoms with Crippen molar-refractivity contribution < 1.29 is 19.2 Å². The van der Waals surface area contributed by atoms with Gasteiger partial charge in [-0.05, 0) is 11.5 Å². The van der Waals surface area contributed by atoms with Gasteiger partial charge in [0, 0.05) is 11.6 Å². The van der Waals surface area contributed by atoms with Crippen LogP contribution < -0.4 is 9.30 Å². The molecule has 0 radical (unpaired) electrons. The molecule has 0 bridgehead atoms. The van der Waals surface area contributed by atoms with Gasteiger partial charge in [0.15, 0.2) is 19.3 Å². The second-order valence-corrected chi connectivity index (χ2v) is 5.00. The molecule has 0 saturated carbocycles. The molecule has 1 aromatic heterocycles. The third kappa shape index (κ3) is 3.06. The lowest BCUT2D eigenvalue weighted by Crippen LogP contribution is -2.37. The van der Waals surface area contributed by atoms with Crippen LogP contribution in [-0.4, -0.2) is 17.7 Å². The summed E-state index contributed by atoms with van der Waals surface area (Å²) >= 11 is 0. The number of aliphatic carboxylic acids is 1. The topological polar surface area (TPSA) is 50.4 Å². The van der Waals surface area contributed by atoms with Gasteiger partial charge in [-0.3, -0.25) is 0 Å². The van der Waals surface area contributed by atoms with Gasteiger partial charge < -0.3 is 9.84 Å². The van der Waals surface area contributed by atoms with E-state index >= 15 is 0 Å². The van der Waals surface area contributed by atoms with Crippen molar-refractivity contribution in [1.29, 1.82) is 0 Å². The first-order valence-corrected chi connectivity index (χ1v) is 7.04. The van der Waals surface area contributed by atoms with Gasteiger partial charge in [-0.1, -0.05) is 48.5 Å². The van der Waals surface area contributed by atoms with Crippen LogP contribution in [0.1, 0.15) is 5.56 Å². The minimum Gasteiger partial charge on any atom is -0.479 e. The van der Waals surface area contributed by atoms with Gasteiger partial charge in [0.1, 0.15) is 0 Å². The Labute approximate surface area is 128 Å². The van der Waals surface area contributed by atoms with E-state index in [-0.39, 0.29) is 6.61 Å². The molecule has 4 nitrogen and oxygen atoms in total. The lowest BCUT2D eigenvalue weighted by molar-refractivity contribution is -0.692. The highest BCUT2D eigenvalue weighted by Crippen LogP contribution is 2.21. The maximum atomic E-state index is 10.8. The van der Waals surface area contributed by atoms with E-state index in [1.165, 1.54) is 0 Å². The number of carbonyl (C=O) groups is 1. The van der Waals surface area contributed by atoms with Gasteiger partial charge in [-0.15, -0.1) is 0 Å². The fraction of sp³-hybridized carbons (Fsp3) is 0.111. The molecular weight excluding hydrogens is 278 g/mol. The van der Waals surface area contributed by atoms with E-state index in [0.717, 1.165) is 16.3 Å². The summed E-state index contributed by atoms with van der Waals surface area (Å²) in [5, 5.41) is 10.8. The number of pyridine rings is 1. The Hall–Kier alpha value is -2.88. The molecule has 0 aliphatic rings. The normalized spacial score (nSPS) is 10.5. The van der Waals surface area contributed by atoms with Crippen LogP contribution in [0.15, 0.2) is 66.9 Å². The molecule has 0 saturated heterocycles. The number of rotatable bonds is 5. The number of benzene rings is 2. The number of carboxylic acid groups (broad SMARTS) is 1. The Morgan fingerprint density at radius 2 is 1.73 bits per heavy atom. The molecule has 1 heterocycles. The third-order valence-corrected chi connectivity index (χ3v) is 3.41. The second-order valence-electron chi connectivity index (χ2n) is 5.00. The quantitative estimate of drug-likeness (QED) is 0.736. The van der Waals surface area contributed by atoms with Crippen LogP contribution in [0, 0.1) is 0 Å². The summed E-state index contributed by atoms with van der Waals surface area (Å²) in [4.78, 5) is 10.8. The average molecular weight is 294 g/mol. The summed E-state index contributed by atoms with van der Waals surface area (Å²) in [6, 6.07) is 19.8. The first-order valence-electron chi connectivity index (χ1n) is 7.04. The highest BCUT2D eigenvalue weighted by atomic mass is 16.5. The van der Waals surface area contributed by atoms with Crippen molar-refractivity contribution >= 4 is 16.7 Å². The van der Waals surface area contributed by atoms with Gasteiger partial charge >= 0.3 is 11.8 Å². The lowest BCUT2D eigenvalue weighted by Gasteiger charge is -2.07. The standard InChI is InChI=1S/C18H15NO3/c20-17(21)13-22-18-16-9-5-4-8-15(16)10-11-19(18)12-14-6-2-1-3-7-14/h1-11H,12-13H2/p+1. The molecule has 0 atom stereocenters. The van der Waals surface area contributed by atoms with Crippen molar-refractivity contribution in [1.82, 2.24) is 0 Å². The van der Waals surface area contributed by atoms with Crippen molar-refractivity contribution in [3.8, 4) is 5.88 Å². The number of aromatic nitrogens is 1. The van der Waals surface area contributed by atoms with E-state index in [9.17, 15) is 4.79 Å². The number of hydrogen-bond donors (Lipinski definition) is 1. The molecule has 0 unspecified atom stereocenters. The van der Waals surface area contributed by atoms with Crippen LogP contribution in [0.4, 0.5) is 0 Å². The Morgan fingerprint density at radius 1 is 1.00 bits per heavy atom. The van der Waals surface area contributed by atoms with Crippen molar-refractivity contribution in [2.75, 3.05) is 6.61 Å². The summed E-state index contributed by atoms with van der Waals surface area (Å²) in [6.07, 6.45) is 1.92. The number of carboxylic acids is 1. The molecule has 1 N–H and O–H groups in total. The summed E-state index contributed by atoms with van der Waals surface area (Å²) in [6.45, 7) is 0.267. The first kappa shape index (κ1) is 14.1. The average Bonchev–Trinajstić information content (AvgIpc) is 2.54. The van der Waals surface area contributed by atoms with Gasteiger partial charge in [0.2, 0.25) is 0 Å². The maximum absolute atomic E-state index is 10.8. The smallest absolute Gasteiger partial charge is 0.376 e. The fourth-order valence-corrected chi connectivity index (χ4v) is 2.43. The van der Waals surface area contributed by atoms with Crippen LogP contribution >= 0.6 is 0 Å². The van der Waals surface area contributed by atoms with Crippen LogP contribution in [0.5, 0.6) is 5.88 Å². The van der Waals surface area contributed by atoms with Crippen LogP contribution in [0.3, 0.4) is 0 Å². The Kier molecular flexibility index (Phi) is 4.01. The fourth-order valence-electron chi connectivity index (χ4n) is 2.43. The van der Waals surface area contributed by atoms with E-state index in [2.05, 4.69) is 0 Å². The largest absolute Gasteiger partial charge is 0.479 e. The number of nitrogens with zero attached hydrogens (tertiary/aromatic N) is 1. The Bertz CT molecular complexity index is 800. The minimum atomic E-state index is -0.987. The highest BCUT2D eigenvalue weighted by molar-refractivity contribution is 5.85. The summed E-state index contributed by atoms with van der Waals surface area (Å²) < 4.78 is 7.48. The first-order chi connectivity index (χ1) is 10.7. The van der Waals surface area contributed by atoms with E-state index in [0.29, 0.717) is 12.4 Å². The Balaban J connectivity index is 2.04. The lowest BCUT2D eigenvalue weighted by atomic mass is 10.1. The zero-order valence-electron chi connectivity index (χ0n) is 12.0. The monoisotopic (exact) mass is 294 g/mol. The van der Waals surface area contributed by atoms with E-state index in [4.69, 9.17) is 9.84 Å². The predicted molar refractivity (Wildman–Crippen MR) is 82.8 cm³/mol. The van der Waals surface area contributed by atoms with Crippen molar-refractivity contribution in [3.63, 3.8) is 0 Å². The predicted octanol–water partition coefficient (Wildman–Crippen LogP) is 2.64. The number of hydrogen-bond acceptors (Lipinski definition) is 2. The second kappa shape index (κ2) is 6.26. The molecule has 0 fully saturated rings. The van der Waals surface area contributed by atoms with Gasteiger partial charge in [-0.25, -0.2) is 4.79 Å². The Morgan fingerprint density at radius 3 is 2.50 bits per heavy atom. The maximum Gasteiger partial charge on any atom is 0.376 e. The van der Waals surface area contributed by atoms with E-state index in [1.807, 2.05) is 71.4 Å². The number of fused-ring (bicyclic) bond motifs is 1. The zero-order chi connectivity index (χ0) is 15.4. The summed E-state index contributed by atoms with van der Waals surface area (Å²) in [5.41, 5.74) is 1.13. The molecular formula is C18H16NO3+. The zero-order valence-corrected chi connectivity index (χ0v) is 12.0. The van der Waals surface area contributed by atoms with Crippen LogP contribution in [-0.2, 0) is 11.3 Å². The molecule has 110 valence electrons. The molecule has 0 aliphatic heterocycles. The SMILES string of the molecule is O=C(O)COc1c2ccccc2cc[n+]1Cc1ccccc1. The van der Waals surface area contributed by atoms with E-state index in [1.54, 1.807) is 0 Å². The van der Waals surface area contributed by atoms with Crippen molar-refractivity contribution in [3.05, 3.63) is 72.4 Å².